The van der Waals surface area contributed by atoms with Crippen LogP contribution in [0.4, 0.5) is 16.2 Å². The van der Waals surface area contributed by atoms with E-state index in [1.54, 1.807) is 12.1 Å². The summed E-state index contributed by atoms with van der Waals surface area (Å²) >= 11 is 0. The molecule has 1 saturated carbocycles. The van der Waals surface area contributed by atoms with Gasteiger partial charge in [-0.1, -0.05) is 6.92 Å². The van der Waals surface area contributed by atoms with Gasteiger partial charge in [-0.15, -0.1) is 0 Å². The van der Waals surface area contributed by atoms with E-state index in [1.807, 2.05) is 13.0 Å². The van der Waals surface area contributed by atoms with E-state index in [2.05, 4.69) is 15.9 Å². The van der Waals surface area contributed by atoms with E-state index < -0.39 is 11.5 Å². The van der Waals surface area contributed by atoms with Crippen molar-refractivity contribution in [2.75, 3.05) is 36.0 Å². The zero-order chi connectivity index (χ0) is 23.6. The van der Waals surface area contributed by atoms with Gasteiger partial charge in [0.1, 0.15) is 6.07 Å². The lowest BCUT2D eigenvalue weighted by molar-refractivity contribution is -0.139. The molecule has 8 heteroatoms. The van der Waals surface area contributed by atoms with Gasteiger partial charge in [0.15, 0.2) is 0 Å². The maximum absolute atomic E-state index is 13.6. The number of carboxylic acid groups (broad SMARTS) is 1. The number of nitriles is 1. The molecule has 1 aromatic rings. The van der Waals surface area contributed by atoms with Gasteiger partial charge in [-0.2, -0.15) is 5.26 Å². The van der Waals surface area contributed by atoms with Crippen molar-refractivity contribution in [1.29, 1.82) is 5.26 Å². The average Bonchev–Trinajstić information content (AvgIpc) is 3.12. The summed E-state index contributed by atoms with van der Waals surface area (Å²) < 4.78 is 0. The molecule has 1 unspecified atom stereocenters. The summed E-state index contributed by atoms with van der Waals surface area (Å²) in [6, 6.07) is 7.71. The molecule has 0 radical (unpaired) electrons. The van der Waals surface area contributed by atoms with E-state index in [4.69, 9.17) is 0 Å². The van der Waals surface area contributed by atoms with Gasteiger partial charge in [0.2, 0.25) is 5.91 Å². The molecule has 33 heavy (non-hydrogen) atoms. The minimum absolute atomic E-state index is 0.226. The molecule has 4 rings (SSSR count). The van der Waals surface area contributed by atoms with Crippen LogP contribution in [0.2, 0.25) is 0 Å². The van der Waals surface area contributed by atoms with Crippen molar-refractivity contribution in [3.8, 4) is 6.07 Å². The van der Waals surface area contributed by atoms with Crippen molar-refractivity contribution in [2.45, 2.75) is 70.4 Å². The topological polar surface area (TPSA) is 108 Å². The van der Waals surface area contributed by atoms with Crippen LogP contribution in [0.25, 0.3) is 0 Å². The summed E-state index contributed by atoms with van der Waals surface area (Å²) in [7, 11) is 0. The maximum atomic E-state index is 13.6. The Hall–Kier alpha value is -2.79. The molecule has 1 aliphatic carbocycles. The van der Waals surface area contributed by atoms with Gasteiger partial charge in [-0.05, 0) is 69.6 Å². The smallest absolute Gasteiger partial charge is 0.411 e. The standard InChI is InChI=1S/C25H34N4O4/c1-2-12-29(24(32)33)20-6-9-22(18(15-20)16-26)27-13-3-10-25(17-27)11-14-28(23(25)31)19-4-7-21(30)8-5-19/h6,9,15,19,21,30H,2-5,7-8,10-14,17H2,1H3,(H,32,33). The Morgan fingerprint density at radius 3 is 2.67 bits per heavy atom. The number of aliphatic hydroxyl groups excluding tert-OH is 1. The second-order valence-electron chi connectivity index (χ2n) is 9.76. The third kappa shape index (κ3) is 4.51. The minimum Gasteiger partial charge on any atom is -0.465 e. The predicted molar refractivity (Wildman–Crippen MR) is 125 cm³/mol. The number of anilines is 2. The molecule has 178 valence electrons. The highest BCUT2D eigenvalue weighted by Gasteiger charge is 2.50. The van der Waals surface area contributed by atoms with Gasteiger partial charge >= 0.3 is 6.09 Å². The van der Waals surface area contributed by atoms with E-state index >= 15 is 0 Å². The first kappa shape index (κ1) is 23.4. The molecule has 2 aliphatic heterocycles. The Bertz CT molecular complexity index is 937. The monoisotopic (exact) mass is 454 g/mol. The van der Waals surface area contributed by atoms with Crippen molar-refractivity contribution in [3.05, 3.63) is 23.8 Å². The molecule has 3 fully saturated rings. The average molecular weight is 455 g/mol. The number of carbonyl (C=O) groups excluding carboxylic acids is 1. The lowest BCUT2D eigenvalue weighted by Gasteiger charge is -2.41. The summed E-state index contributed by atoms with van der Waals surface area (Å²) in [5, 5.41) is 29.2. The number of amides is 2. The van der Waals surface area contributed by atoms with Gasteiger partial charge in [0, 0.05) is 37.9 Å². The molecule has 2 N–H and O–H groups in total. The van der Waals surface area contributed by atoms with Crippen LogP contribution in [0, 0.1) is 16.7 Å². The molecule has 0 aromatic heterocycles. The van der Waals surface area contributed by atoms with Crippen LogP contribution in [0.1, 0.15) is 63.9 Å². The number of hydrogen-bond donors (Lipinski definition) is 2. The summed E-state index contributed by atoms with van der Waals surface area (Å²) in [6.45, 7) is 4.41. The van der Waals surface area contributed by atoms with Crippen LogP contribution in [0.15, 0.2) is 18.2 Å². The molecule has 1 aromatic carbocycles. The maximum Gasteiger partial charge on any atom is 0.411 e. The SMILES string of the molecule is CCCN(C(=O)O)c1ccc(N2CCCC3(CCN(C4CCC(O)CC4)C3=O)C2)c(C#N)c1. The number of rotatable bonds is 5. The van der Waals surface area contributed by atoms with Crippen molar-refractivity contribution >= 4 is 23.4 Å². The van der Waals surface area contributed by atoms with Crippen molar-refractivity contribution in [1.82, 2.24) is 4.90 Å². The molecule has 8 nitrogen and oxygen atoms in total. The van der Waals surface area contributed by atoms with Crippen molar-refractivity contribution in [3.63, 3.8) is 0 Å². The van der Waals surface area contributed by atoms with Gasteiger partial charge in [0.25, 0.3) is 0 Å². The Morgan fingerprint density at radius 2 is 2.00 bits per heavy atom. The van der Waals surface area contributed by atoms with E-state index in [1.165, 1.54) is 4.90 Å². The van der Waals surface area contributed by atoms with Crippen LogP contribution in [0.5, 0.6) is 0 Å². The van der Waals surface area contributed by atoms with Gasteiger partial charge < -0.3 is 20.0 Å². The minimum atomic E-state index is -1.03. The molecule has 2 amide bonds. The van der Waals surface area contributed by atoms with Crippen LogP contribution in [-0.4, -0.2) is 65.4 Å². The lowest BCUT2D eigenvalue weighted by Crippen LogP contribution is -2.50. The van der Waals surface area contributed by atoms with Gasteiger partial charge in [-0.25, -0.2) is 4.79 Å². The van der Waals surface area contributed by atoms with E-state index in [9.17, 15) is 25.1 Å². The lowest BCUT2D eigenvalue weighted by atomic mass is 9.78. The first-order valence-corrected chi connectivity index (χ1v) is 12.2. The van der Waals surface area contributed by atoms with Crippen LogP contribution in [0.3, 0.4) is 0 Å². The number of carbonyl (C=O) groups is 2. The Morgan fingerprint density at radius 1 is 1.24 bits per heavy atom. The largest absolute Gasteiger partial charge is 0.465 e. The highest BCUT2D eigenvalue weighted by molar-refractivity contribution is 5.88. The summed E-state index contributed by atoms with van der Waals surface area (Å²) in [5.41, 5.74) is 1.29. The van der Waals surface area contributed by atoms with Crippen LogP contribution < -0.4 is 9.80 Å². The van der Waals surface area contributed by atoms with E-state index in [-0.39, 0.29) is 18.1 Å². The zero-order valence-corrected chi connectivity index (χ0v) is 19.4. The fraction of sp³-hybridized carbons (Fsp3) is 0.640. The molecule has 1 spiro atoms. The van der Waals surface area contributed by atoms with Crippen LogP contribution >= 0.6 is 0 Å². The summed E-state index contributed by atoms with van der Waals surface area (Å²) in [5.74, 6) is 0.226. The summed E-state index contributed by atoms with van der Waals surface area (Å²) in [4.78, 5) is 30.7. The second kappa shape index (κ2) is 9.60. The Labute approximate surface area is 195 Å². The molecule has 1 atom stereocenters. The normalized spacial score (nSPS) is 27.6. The summed E-state index contributed by atoms with van der Waals surface area (Å²) in [6.07, 6.45) is 5.23. The Balaban J connectivity index is 1.53. The van der Waals surface area contributed by atoms with E-state index in [0.29, 0.717) is 30.8 Å². The number of benzene rings is 1. The molecule has 3 aliphatic rings. The number of piperidine rings is 1. The number of hydrogen-bond acceptors (Lipinski definition) is 5. The number of aliphatic hydroxyl groups is 1. The quantitative estimate of drug-likeness (QED) is 0.704. The third-order valence-corrected chi connectivity index (χ3v) is 7.66. The highest BCUT2D eigenvalue weighted by atomic mass is 16.4. The van der Waals surface area contributed by atoms with Crippen molar-refractivity contribution < 1.29 is 19.8 Å². The molecular weight excluding hydrogens is 420 g/mol. The third-order valence-electron chi connectivity index (χ3n) is 7.66. The fourth-order valence-corrected chi connectivity index (χ4v) is 5.90. The predicted octanol–water partition coefficient (Wildman–Crippen LogP) is 3.58. The zero-order valence-electron chi connectivity index (χ0n) is 19.4. The molecular formula is C25H34N4O4. The molecule has 0 bridgehead atoms. The van der Waals surface area contributed by atoms with E-state index in [0.717, 1.165) is 63.7 Å². The number of nitrogens with zero attached hydrogens (tertiary/aromatic N) is 4. The highest BCUT2D eigenvalue weighted by Crippen LogP contribution is 2.44. The van der Waals surface area contributed by atoms with Gasteiger partial charge in [0.05, 0.1) is 22.8 Å². The second-order valence-corrected chi connectivity index (χ2v) is 9.76. The Kier molecular flexibility index (Phi) is 6.80. The first-order valence-electron chi connectivity index (χ1n) is 12.2. The molecule has 2 saturated heterocycles. The van der Waals surface area contributed by atoms with Crippen LogP contribution in [-0.2, 0) is 4.79 Å². The first-order chi connectivity index (χ1) is 15.9. The van der Waals surface area contributed by atoms with Gasteiger partial charge in [-0.3, -0.25) is 9.69 Å². The van der Waals surface area contributed by atoms with Crippen molar-refractivity contribution in [2.24, 2.45) is 5.41 Å². The molecule has 2 heterocycles. The number of likely N-dealkylation sites (tertiary alicyclic amines) is 1. The fourth-order valence-electron chi connectivity index (χ4n) is 5.90.